The molecule has 0 atom stereocenters. The summed E-state index contributed by atoms with van der Waals surface area (Å²) < 4.78 is 27.4. The molecule has 0 unspecified atom stereocenters. The number of rotatable bonds is 3. The van der Waals surface area contributed by atoms with E-state index in [1.54, 1.807) is 18.5 Å². The molecule has 2 aromatic heterocycles. The minimum atomic E-state index is -0.850. The molecule has 0 bridgehead atoms. The Morgan fingerprint density at radius 3 is 2.81 bits per heavy atom. The van der Waals surface area contributed by atoms with Crippen LogP contribution in [-0.2, 0) is 19.4 Å². The molecule has 0 aliphatic carbocycles. The predicted octanol–water partition coefficient (Wildman–Crippen LogP) is 2.11. The monoisotopic (exact) mass is 369 g/mol. The van der Waals surface area contributed by atoms with Crippen LogP contribution in [0.5, 0.6) is 0 Å². The van der Waals surface area contributed by atoms with E-state index in [2.05, 4.69) is 19.9 Å². The Balaban J connectivity index is 1.57. The van der Waals surface area contributed by atoms with Crippen molar-refractivity contribution in [2.75, 3.05) is 13.1 Å². The summed E-state index contributed by atoms with van der Waals surface area (Å²) in [5, 5.41) is 0. The van der Waals surface area contributed by atoms with Gasteiger partial charge in [0.25, 0.3) is 5.56 Å². The first kappa shape index (κ1) is 17.4. The van der Waals surface area contributed by atoms with E-state index in [1.807, 2.05) is 4.90 Å². The minimum absolute atomic E-state index is 0.195. The molecule has 1 aliphatic rings. The topological polar surface area (TPSA) is 74.8 Å². The van der Waals surface area contributed by atoms with Gasteiger partial charge < -0.3 is 4.98 Å². The van der Waals surface area contributed by atoms with E-state index in [0.29, 0.717) is 54.3 Å². The lowest BCUT2D eigenvalue weighted by Crippen LogP contribution is -2.27. The quantitative estimate of drug-likeness (QED) is 0.765. The Kier molecular flexibility index (Phi) is 4.72. The zero-order valence-electron chi connectivity index (χ0n) is 14.5. The average molecular weight is 369 g/mol. The van der Waals surface area contributed by atoms with Crippen molar-refractivity contribution < 1.29 is 8.78 Å². The van der Waals surface area contributed by atoms with Gasteiger partial charge in [0.1, 0.15) is 5.69 Å². The van der Waals surface area contributed by atoms with Gasteiger partial charge in [0.2, 0.25) is 0 Å². The summed E-state index contributed by atoms with van der Waals surface area (Å²) in [7, 11) is 0. The lowest BCUT2D eigenvalue weighted by atomic mass is 10.1. The standard InChI is InChI=1S/C19H17F2N5O/c20-14-3-1-2-12(17(14)21)11-26-8-4-13-15(5-9-26)24-18(25-19(13)27)16-10-22-6-7-23-16/h1-3,6-7,10H,4-5,8-9,11H2,(H,24,25,27). The highest BCUT2D eigenvalue weighted by Gasteiger charge is 2.20. The first-order chi connectivity index (χ1) is 13.1. The molecule has 3 aromatic rings. The van der Waals surface area contributed by atoms with Crippen LogP contribution in [0.4, 0.5) is 8.78 Å². The summed E-state index contributed by atoms with van der Waals surface area (Å²) in [6.45, 7) is 1.45. The van der Waals surface area contributed by atoms with Crippen molar-refractivity contribution >= 4 is 0 Å². The predicted molar refractivity (Wildman–Crippen MR) is 94.9 cm³/mol. The van der Waals surface area contributed by atoms with E-state index in [4.69, 9.17) is 0 Å². The number of hydrogen-bond acceptors (Lipinski definition) is 5. The summed E-state index contributed by atoms with van der Waals surface area (Å²) in [5.41, 5.74) is 1.95. The average Bonchev–Trinajstić information content (AvgIpc) is 2.89. The largest absolute Gasteiger partial charge is 0.305 e. The summed E-state index contributed by atoms with van der Waals surface area (Å²) >= 11 is 0. The highest BCUT2D eigenvalue weighted by atomic mass is 19.2. The van der Waals surface area contributed by atoms with Crippen molar-refractivity contribution in [3.63, 3.8) is 0 Å². The number of hydrogen-bond donors (Lipinski definition) is 1. The van der Waals surface area contributed by atoms with Crippen molar-refractivity contribution in [1.82, 2.24) is 24.8 Å². The van der Waals surface area contributed by atoms with Crippen LogP contribution < -0.4 is 5.56 Å². The van der Waals surface area contributed by atoms with Gasteiger partial charge in [-0.15, -0.1) is 0 Å². The smallest absolute Gasteiger partial charge is 0.254 e. The molecule has 0 fully saturated rings. The molecule has 0 amide bonds. The van der Waals surface area contributed by atoms with E-state index in [0.717, 1.165) is 6.07 Å². The Bertz CT molecular complexity index is 1020. The summed E-state index contributed by atoms with van der Waals surface area (Å²) in [4.78, 5) is 30.0. The molecule has 0 saturated carbocycles. The van der Waals surface area contributed by atoms with Crippen LogP contribution in [0.25, 0.3) is 11.5 Å². The summed E-state index contributed by atoms with van der Waals surface area (Å²) in [6, 6.07) is 4.18. The second kappa shape index (κ2) is 7.32. The van der Waals surface area contributed by atoms with Crippen molar-refractivity contribution in [3.8, 4) is 11.5 Å². The van der Waals surface area contributed by atoms with Crippen molar-refractivity contribution in [1.29, 1.82) is 0 Å². The molecule has 1 aromatic carbocycles. The molecule has 8 heteroatoms. The van der Waals surface area contributed by atoms with E-state index in [1.165, 1.54) is 12.3 Å². The zero-order chi connectivity index (χ0) is 18.8. The molecule has 4 rings (SSSR count). The molecule has 6 nitrogen and oxygen atoms in total. The number of H-pyrrole nitrogens is 1. The highest BCUT2D eigenvalue weighted by molar-refractivity contribution is 5.47. The molecule has 138 valence electrons. The fourth-order valence-electron chi connectivity index (χ4n) is 3.27. The number of aromatic amines is 1. The maximum atomic E-state index is 13.9. The molecule has 0 saturated heterocycles. The summed E-state index contributed by atoms with van der Waals surface area (Å²) in [6.07, 6.45) is 5.67. The first-order valence-electron chi connectivity index (χ1n) is 8.65. The zero-order valence-corrected chi connectivity index (χ0v) is 14.5. The van der Waals surface area contributed by atoms with Crippen molar-refractivity contribution in [2.24, 2.45) is 0 Å². The SMILES string of the molecule is O=c1[nH]c(-c2cnccn2)nc2c1CCN(Cc1cccc(F)c1F)CC2. The number of nitrogens with one attached hydrogen (secondary N) is 1. The van der Waals surface area contributed by atoms with Crippen molar-refractivity contribution in [2.45, 2.75) is 19.4 Å². The first-order valence-corrected chi connectivity index (χ1v) is 8.65. The van der Waals surface area contributed by atoms with Crippen LogP contribution in [0.15, 0.2) is 41.6 Å². The van der Waals surface area contributed by atoms with Crippen LogP contribution >= 0.6 is 0 Å². The lowest BCUT2D eigenvalue weighted by Gasteiger charge is -2.19. The Morgan fingerprint density at radius 1 is 1.15 bits per heavy atom. The molecule has 1 aliphatic heterocycles. The van der Waals surface area contributed by atoms with E-state index >= 15 is 0 Å². The molecule has 3 heterocycles. The fourth-order valence-corrected chi connectivity index (χ4v) is 3.27. The maximum absolute atomic E-state index is 13.9. The molecule has 27 heavy (non-hydrogen) atoms. The Hall–Kier alpha value is -3.00. The number of halogens is 2. The Labute approximate surface area is 153 Å². The summed E-state index contributed by atoms with van der Waals surface area (Å²) in [5.74, 6) is -1.28. The van der Waals surface area contributed by atoms with Crippen LogP contribution in [0.3, 0.4) is 0 Å². The van der Waals surface area contributed by atoms with Gasteiger partial charge in [-0.2, -0.15) is 0 Å². The van der Waals surface area contributed by atoms with Crippen LogP contribution in [-0.4, -0.2) is 37.9 Å². The number of nitrogens with zero attached hydrogens (tertiary/aromatic N) is 4. The Morgan fingerprint density at radius 2 is 2.00 bits per heavy atom. The third-order valence-corrected chi connectivity index (χ3v) is 4.68. The minimum Gasteiger partial charge on any atom is -0.305 e. The lowest BCUT2D eigenvalue weighted by molar-refractivity contribution is 0.273. The van der Waals surface area contributed by atoms with Crippen LogP contribution in [0.1, 0.15) is 16.8 Å². The van der Waals surface area contributed by atoms with Gasteiger partial charge in [-0.3, -0.25) is 14.7 Å². The van der Waals surface area contributed by atoms with Gasteiger partial charge in [0.05, 0.1) is 11.9 Å². The molecule has 0 radical (unpaired) electrons. The van der Waals surface area contributed by atoms with Gasteiger partial charge >= 0.3 is 0 Å². The van der Waals surface area contributed by atoms with Gasteiger partial charge in [-0.25, -0.2) is 18.7 Å². The fraction of sp³-hybridized carbons (Fsp3) is 0.263. The molecular formula is C19H17F2N5O. The van der Waals surface area contributed by atoms with Gasteiger partial charge in [-0.05, 0) is 12.5 Å². The van der Waals surface area contributed by atoms with Gasteiger partial charge in [-0.1, -0.05) is 12.1 Å². The normalized spacial score (nSPS) is 14.6. The van der Waals surface area contributed by atoms with Crippen LogP contribution in [0.2, 0.25) is 0 Å². The second-order valence-electron chi connectivity index (χ2n) is 6.42. The molecule has 1 N–H and O–H groups in total. The third-order valence-electron chi connectivity index (χ3n) is 4.68. The maximum Gasteiger partial charge on any atom is 0.254 e. The number of fused-ring (bicyclic) bond motifs is 1. The number of aromatic nitrogens is 4. The van der Waals surface area contributed by atoms with E-state index in [9.17, 15) is 13.6 Å². The third kappa shape index (κ3) is 3.61. The molecule has 0 spiro atoms. The van der Waals surface area contributed by atoms with Gasteiger partial charge in [0, 0.05) is 49.6 Å². The molecular weight excluding hydrogens is 352 g/mol. The van der Waals surface area contributed by atoms with E-state index < -0.39 is 11.6 Å². The van der Waals surface area contributed by atoms with Crippen molar-refractivity contribution in [3.05, 3.63) is 75.6 Å². The van der Waals surface area contributed by atoms with Gasteiger partial charge in [0.15, 0.2) is 17.5 Å². The van der Waals surface area contributed by atoms with E-state index in [-0.39, 0.29) is 12.1 Å². The second-order valence-corrected chi connectivity index (χ2v) is 6.42. The van der Waals surface area contributed by atoms with Crippen LogP contribution in [0, 0.1) is 11.6 Å². The number of benzene rings is 1. The highest BCUT2D eigenvalue weighted by Crippen LogP contribution is 2.18.